The highest BCUT2D eigenvalue weighted by atomic mass is 35.5. The van der Waals surface area contributed by atoms with E-state index in [2.05, 4.69) is 120 Å². The Labute approximate surface area is 214 Å². The Morgan fingerprint density at radius 2 is 1.06 bits per heavy atom. The molecule has 186 valence electrons. The highest BCUT2D eigenvalue weighted by Crippen LogP contribution is 2.29. The van der Waals surface area contributed by atoms with E-state index < -0.39 is 0 Å². The molecule has 2 nitrogen and oxygen atoms in total. The molecule has 3 aromatic rings. The van der Waals surface area contributed by atoms with Crippen LogP contribution in [-0.4, -0.2) is 4.57 Å². The predicted molar refractivity (Wildman–Crippen MR) is 141 cm³/mol. The fourth-order valence-corrected chi connectivity index (χ4v) is 5.17. The first-order valence-corrected chi connectivity index (χ1v) is 13.0. The van der Waals surface area contributed by atoms with Gasteiger partial charge in [-0.3, -0.25) is 0 Å². The molecule has 0 saturated heterocycles. The number of halogens is 1. The smallest absolute Gasteiger partial charge is 0.243 e. The molecule has 0 radical (unpaired) electrons. The molecule has 0 bridgehead atoms. The van der Waals surface area contributed by atoms with Gasteiger partial charge in [0, 0.05) is 12.8 Å². The van der Waals surface area contributed by atoms with Crippen molar-refractivity contribution in [2.24, 2.45) is 0 Å². The van der Waals surface area contributed by atoms with E-state index in [0.29, 0.717) is 23.7 Å². The Bertz CT molecular complexity index is 909. The van der Waals surface area contributed by atoms with Gasteiger partial charge >= 0.3 is 0 Å². The molecule has 3 heteroatoms. The minimum absolute atomic E-state index is 0. The molecule has 0 N–H and O–H groups in total. The molecule has 0 aliphatic heterocycles. The van der Waals surface area contributed by atoms with Crippen molar-refractivity contribution in [1.29, 1.82) is 0 Å². The van der Waals surface area contributed by atoms with Gasteiger partial charge in [-0.1, -0.05) is 91.8 Å². The molecule has 0 atom stereocenters. The van der Waals surface area contributed by atoms with Crippen LogP contribution in [0.5, 0.6) is 0 Å². The van der Waals surface area contributed by atoms with Gasteiger partial charge in [0.15, 0.2) is 0 Å². The van der Waals surface area contributed by atoms with E-state index in [1.807, 2.05) is 0 Å². The normalized spacial score (nSPS) is 11.6. The number of hydrogen-bond donors (Lipinski definition) is 0. The van der Waals surface area contributed by atoms with Gasteiger partial charge in [0.25, 0.3) is 0 Å². The maximum atomic E-state index is 2.36. The highest BCUT2D eigenvalue weighted by molar-refractivity contribution is 5.40. The molecule has 0 amide bonds. The third kappa shape index (κ3) is 6.75. The van der Waals surface area contributed by atoms with Gasteiger partial charge in [-0.05, 0) is 57.1 Å². The van der Waals surface area contributed by atoms with Crippen LogP contribution in [0, 0.1) is 0 Å². The summed E-state index contributed by atoms with van der Waals surface area (Å²) in [7, 11) is 0. The molecule has 0 fully saturated rings. The minimum Gasteiger partial charge on any atom is -1.00 e. The van der Waals surface area contributed by atoms with Crippen molar-refractivity contribution in [3.63, 3.8) is 0 Å². The molecule has 0 aliphatic carbocycles. The van der Waals surface area contributed by atoms with Gasteiger partial charge in [-0.15, -0.1) is 0 Å². The third-order valence-corrected chi connectivity index (χ3v) is 6.97. The zero-order valence-corrected chi connectivity index (χ0v) is 23.4. The molecule has 3 rings (SSSR count). The number of benzene rings is 2. The standard InChI is InChI=1S/C31H45N2.ClH/c1-22(2)26-11-9-12-27(23(3)4)30(26)15-17-32-19-20-33(21-32)18-16-31-28(24(5)6)13-10-14-29(31)25(7)8;/h9-14,19-25H,15-18H2,1-8H3;1H/q+1;/p-1. The first-order valence-electron chi connectivity index (χ1n) is 13.0. The quantitative estimate of drug-likeness (QED) is 0.370. The molecule has 1 aromatic heterocycles. The lowest BCUT2D eigenvalue weighted by molar-refractivity contribution is -0.696. The molecular weight excluding hydrogens is 436 g/mol. The van der Waals surface area contributed by atoms with E-state index in [1.165, 1.54) is 22.3 Å². The Balaban J connectivity index is 0.00000408. The maximum absolute atomic E-state index is 2.36. The van der Waals surface area contributed by atoms with Crippen LogP contribution in [0.15, 0.2) is 55.1 Å². The second kappa shape index (κ2) is 12.6. The number of hydrogen-bond acceptors (Lipinski definition) is 0. The van der Waals surface area contributed by atoms with E-state index in [0.717, 1.165) is 25.9 Å². The lowest BCUT2D eigenvalue weighted by atomic mass is 9.87. The first kappa shape index (κ1) is 28.2. The van der Waals surface area contributed by atoms with E-state index in [4.69, 9.17) is 0 Å². The first-order chi connectivity index (χ1) is 15.7. The van der Waals surface area contributed by atoms with Crippen LogP contribution in [0.3, 0.4) is 0 Å². The van der Waals surface area contributed by atoms with Gasteiger partial charge in [0.2, 0.25) is 6.33 Å². The Kier molecular flexibility index (Phi) is 10.4. The summed E-state index contributed by atoms with van der Waals surface area (Å²) in [5.74, 6) is 2.24. The zero-order chi connectivity index (χ0) is 24.1. The van der Waals surface area contributed by atoms with Crippen LogP contribution in [0.1, 0.15) is 112 Å². The van der Waals surface area contributed by atoms with Crippen LogP contribution >= 0.6 is 0 Å². The van der Waals surface area contributed by atoms with E-state index in [1.54, 1.807) is 11.1 Å². The molecule has 0 spiro atoms. The molecular formula is C31H45ClN2. The van der Waals surface area contributed by atoms with Gasteiger partial charge < -0.3 is 12.4 Å². The van der Waals surface area contributed by atoms with Crippen LogP contribution in [0.2, 0.25) is 0 Å². The number of aryl methyl sites for hydroxylation is 2. The summed E-state index contributed by atoms with van der Waals surface area (Å²) in [6, 6.07) is 13.7. The van der Waals surface area contributed by atoms with E-state index >= 15 is 0 Å². The van der Waals surface area contributed by atoms with Gasteiger partial charge in [0.1, 0.15) is 12.4 Å². The minimum atomic E-state index is 0. The average Bonchev–Trinajstić information content (AvgIpc) is 3.23. The number of nitrogens with zero attached hydrogens (tertiary/aromatic N) is 2. The largest absolute Gasteiger partial charge is 1.00 e. The maximum Gasteiger partial charge on any atom is 0.243 e. The predicted octanol–water partition coefficient (Wildman–Crippen LogP) is 4.76. The highest BCUT2D eigenvalue weighted by Gasteiger charge is 2.17. The van der Waals surface area contributed by atoms with Gasteiger partial charge in [-0.2, -0.15) is 0 Å². The zero-order valence-electron chi connectivity index (χ0n) is 22.6. The summed E-state index contributed by atoms with van der Waals surface area (Å²) < 4.78 is 4.72. The number of aromatic nitrogens is 2. The molecule has 0 unspecified atom stereocenters. The second-order valence-corrected chi connectivity index (χ2v) is 10.8. The van der Waals surface area contributed by atoms with Crippen LogP contribution < -0.4 is 17.0 Å². The molecule has 1 heterocycles. The van der Waals surface area contributed by atoms with Crippen molar-refractivity contribution in [1.82, 2.24) is 4.57 Å². The summed E-state index contributed by atoms with van der Waals surface area (Å²) in [4.78, 5) is 0. The molecule has 0 saturated carbocycles. The Morgan fingerprint density at radius 3 is 1.47 bits per heavy atom. The van der Waals surface area contributed by atoms with Crippen molar-refractivity contribution in [3.8, 4) is 0 Å². The topological polar surface area (TPSA) is 8.81 Å². The SMILES string of the molecule is CC(C)c1cccc(C(C)C)c1CCn1cc[n+](CCc2c(C(C)C)cccc2C(C)C)c1.[Cl-]. The summed E-state index contributed by atoms with van der Waals surface area (Å²) in [5, 5.41) is 0. The van der Waals surface area contributed by atoms with Crippen molar-refractivity contribution >= 4 is 0 Å². The monoisotopic (exact) mass is 480 g/mol. The fraction of sp³-hybridized carbons (Fsp3) is 0.516. The van der Waals surface area contributed by atoms with E-state index in [-0.39, 0.29) is 12.4 Å². The number of imidazole rings is 1. The van der Waals surface area contributed by atoms with Crippen molar-refractivity contribution < 1.29 is 17.0 Å². The number of rotatable bonds is 10. The summed E-state index contributed by atoms with van der Waals surface area (Å²) in [6.45, 7) is 20.5. The van der Waals surface area contributed by atoms with E-state index in [9.17, 15) is 0 Å². The van der Waals surface area contributed by atoms with Gasteiger partial charge in [0.05, 0.1) is 13.1 Å². The van der Waals surface area contributed by atoms with Crippen LogP contribution in [0.25, 0.3) is 0 Å². The molecule has 34 heavy (non-hydrogen) atoms. The Morgan fingerprint density at radius 1 is 0.647 bits per heavy atom. The van der Waals surface area contributed by atoms with Crippen LogP contribution in [-0.2, 0) is 25.9 Å². The lowest BCUT2D eigenvalue weighted by Crippen LogP contribution is -3.00. The van der Waals surface area contributed by atoms with Crippen molar-refractivity contribution in [2.45, 2.75) is 105 Å². The summed E-state index contributed by atoms with van der Waals surface area (Å²) in [6.07, 6.45) is 8.95. The lowest BCUT2D eigenvalue weighted by Gasteiger charge is -2.19. The average molecular weight is 481 g/mol. The molecule has 0 aliphatic rings. The van der Waals surface area contributed by atoms with Crippen LogP contribution in [0.4, 0.5) is 0 Å². The van der Waals surface area contributed by atoms with Gasteiger partial charge in [-0.25, -0.2) is 9.13 Å². The Hall–Kier alpha value is -2.06. The van der Waals surface area contributed by atoms with Crippen molar-refractivity contribution in [3.05, 3.63) is 88.5 Å². The third-order valence-electron chi connectivity index (χ3n) is 6.97. The van der Waals surface area contributed by atoms with Crippen molar-refractivity contribution in [2.75, 3.05) is 0 Å². The summed E-state index contributed by atoms with van der Waals surface area (Å²) >= 11 is 0. The second-order valence-electron chi connectivity index (χ2n) is 10.8. The molecule has 2 aromatic carbocycles. The summed E-state index contributed by atoms with van der Waals surface area (Å²) in [5.41, 5.74) is 9.13. The fourth-order valence-electron chi connectivity index (χ4n) is 5.17.